The molecular weight excluding hydrogens is 676 g/mol. The molecule has 0 saturated carbocycles. The first-order valence-corrected chi connectivity index (χ1v) is 18.0. The first-order chi connectivity index (χ1) is 25.7. The molecule has 53 heavy (non-hydrogen) atoms. The average molecular weight is 723 g/mol. The topological polar surface area (TPSA) is 167 Å². The predicted molar refractivity (Wildman–Crippen MR) is 198 cm³/mol. The number of aromatic nitrogens is 4. The molecule has 0 bridgehead atoms. The molecule has 2 aromatic carbocycles. The number of hydrogen-bond acceptors (Lipinski definition) is 9. The van der Waals surface area contributed by atoms with Gasteiger partial charge in [0.1, 0.15) is 23.7 Å². The number of H-pyrrole nitrogens is 2. The molecular formula is C39H46N8O6. The number of aromatic amines is 2. The normalized spacial score (nSPS) is 18.3. The van der Waals surface area contributed by atoms with Gasteiger partial charge in [0, 0.05) is 24.2 Å². The highest BCUT2D eigenvalue weighted by molar-refractivity contribution is 5.86. The van der Waals surface area contributed by atoms with Gasteiger partial charge in [0.05, 0.1) is 49.2 Å². The van der Waals surface area contributed by atoms with Gasteiger partial charge >= 0.3 is 6.09 Å². The van der Waals surface area contributed by atoms with Crippen molar-refractivity contribution < 1.29 is 28.9 Å². The molecule has 2 aromatic heterocycles. The molecule has 2 aliphatic heterocycles. The fourth-order valence-corrected chi connectivity index (χ4v) is 6.98. The van der Waals surface area contributed by atoms with Crippen molar-refractivity contribution in [3.05, 3.63) is 71.4 Å². The lowest BCUT2D eigenvalue weighted by Gasteiger charge is -2.30. The van der Waals surface area contributed by atoms with Gasteiger partial charge in [-0.3, -0.25) is 9.59 Å². The Bertz CT molecular complexity index is 2010. The summed E-state index contributed by atoms with van der Waals surface area (Å²) in [7, 11) is 2.67. The van der Waals surface area contributed by atoms with Crippen LogP contribution in [0.1, 0.15) is 87.7 Å². The van der Waals surface area contributed by atoms with E-state index >= 15 is 0 Å². The first kappa shape index (κ1) is 37.1. The van der Waals surface area contributed by atoms with Crippen molar-refractivity contribution in [3.8, 4) is 23.1 Å². The number of imidazole rings is 2. The van der Waals surface area contributed by atoms with Crippen LogP contribution in [0.5, 0.6) is 0 Å². The van der Waals surface area contributed by atoms with Crippen molar-refractivity contribution in [3.63, 3.8) is 0 Å². The third kappa shape index (κ3) is 8.36. The van der Waals surface area contributed by atoms with Crippen LogP contribution < -0.4 is 5.32 Å². The molecule has 6 rings (SSSR count). The smallest absolute Gasteiger partial charge is 0.407 e. The van der Waals surface area contributed by atoms with Gasteiger partial charge in [-0.05, 0) is 73.9 Å². The van der Waals surface area contributed by atoms with Crippen LogP contribution in [-0.2, 0) is 24.1 Å². The van der Waals surface area contributed by atoms with E-state index in [0.717, 1.165) is 64.9 Å². The summed E-state index contributed by atoms with van der Waals surface area (Å²) < 4.78 is 4.74. The summed E-state index contributed by atoms with van der Waals surface area (Å²) in [5.41, 5.74) is 5.15. The first-order valence-electron chi connectivity index (χ1n) is 18.0. The molecule has 0 unspecified atom stereocenters. The Balaban J connectivity index is 1.11. The van der Waals surface area contributed by atoms with E-state index in [0.29, 0.717) is 25.3 Å². The number of benzene rings is 2. The molecule has 0 spiro atoms. The van der Waals surface area contributed by atoms with Crippen LogP contribution in [0.4, 0.5) is 4.79 Å². The average Bonchev–Trinajstić information content (AvgIpc) is 4.00. The number of likely N-dealkylation sites (tertiary alicyclic amines) is 2. The third-order valence-corrected chi connectivity index (χ3v) is 9.79. The van der Waals surface area contributed by atoms with Crippen molar-refractivity contribution in [2.24, 2.45) is 10.9 Å². The Labute approximate surface area is 308 Å². The third-order valence-electron chi connectivity index (χ3n) is 9.79. The number of carbonyl (C=O) groups is 3. The minimum atomic E-state index is -0.687. The molecule has 3 amide bonds. The Kier molecular flexibility index (Phi) is 11.7. The lowest BCUT2D eigenvalue weighted by molar-refractivity contribution is -0.188. The minimum absolute atomic E-state index is 0.0597. The number of fused-ring (bicyclic) bond motifs is 1. The van der Waals surface area contributed by atoms with Crippen molar-refractivity contribution in [2.75, 3.05) is 27.3 Å². The summed E-state index contributed by atoms with van der Waals surface area (Å²) in [6, 6.07) is 12.2. The van der Waals surface area contributed by atoms with E-state index in [4.69, 9.17) is 14.6 Å². The quantitative estimate of drug-likeness (QED) is 0.0605. The van der Waals surface area contributed by atoms with Gasteiger partial charge in [0.25, 0.3) is 0 Å². The van der Waals surface area contributed by atoms with Gasteiger partial charge < -0.3 is 34.7 Å². The largest absolute Gasteiger partial charge is 0.453 e. The monoisotopic (exact) mass is 722 g/mol. The maximum atomic E-state index is 13.5. The lowest BCUT2D eigenvalue weighted by atomic mass is 10.0. The molecule has 2 aliphatic rings. The zero-order valence-electron chi connectivity index (χ0n) is 30.7. The second-order valence-electron chi connectivity index (χ2n) is 13.5. The van der Waals surface area contributed by atoms with Gasteiger partial charge in [0.2, 0.25) is 18.2 Å². The highest BCUT2D eigenvalue weighted by atomic mass is 17.2. The van der Waals surface area contributed by atoms with E-state index in [1.165, 1.54) is 20.6 Å². The number of nitrogens with one attached hydrogen (secondary N) is 3. The fourth-order valence-electron chi connectivity index (χ4n) is 6.98. The van der Waals surface area contributed by atoms with Crippen molar-refractivity contribution in [1.29, 1.82) is 0 Å². The van der Waals surface area contributed by atoms with E-state index in [1.54, 1.807) is 11.1 Å². The summed E-state index contributed by atoms with van der Waals surface area (Å²) in [5, 5.41) is 2.69. The zero-order chi connectivity index (χ0) is 37.5. The molecule has 0 aliphatic carbocycles. The van der Waals surface area contributed by atoms with E-state index in [-0.39, 0.29) is 29.8 Å². The number of alkyl carbamates (subject to hydrolysis) is 1. The second-order valence-corrected chi connectivity index (χ2v) is 13.5. The number of nitrogens with zero attached hydrogens (tertiary/aromatic N) is 5. The lowest BCUT2D eigenvalue weighted by Crippen LogP contribution is -2.51. The number of methoxy groups -OCH3 is 1. The molecule has 2 saturated heterocycles. The Morgan fingerprint density at radius 2 is 1.64 bits per heavy atom. The van der Waals surface area contributed by atoms with Gasteiger partial charge in [-0.15, -0.1) is 0 Å². The molecule has 4 heterocycles. The molecule has 3 N–H and O–H groups in total. The highest BCUT2D eigenvalue weighted by Crippen LogP contribution is 2.34. The van der Waals surface area contributed by atoms with Crippen LogP contribution in [0.15, 0.2) is 53.7 Å². The summed E-state index contributed by atoms with van der Waals surface area (Å²) >= 11 is 0. The van der Waals surface area contributed by atoms with Crippen LogP contribution in [0, 0.1) is 17.8 Å². The number of hydrogen-bond donors (Lipinski definition) is 3. The van der Waals surface area contributed by atoms with Gasteiger partial charge in [-0.1, -0.05) is 44.7 Å². The predicted octanol–water partition coefficient (Wildman–Crippen LogP) is 5.45. The second kappa shape index (κ2) is 16.8. The summed E-state index contributed by atoms with van der Waals surface area (Å²) in [4.78, 5) is 72.2. The number of amides is 3. The van der Waals surface area contributed by atoms with E-state index in [2.05, 4.69) is 42.0 Å². The van der Waals surface area contributed by atoms with E-state index in [9.17, 15) is 14.4 Å². The Morgan fingerprint density at radius 3 is 2.32 bits per heavy atom. The maximum absolute atomic E-state index is 13.5. The van der Waals surface area contributed by atoms with Crippen LogP contribution in [0.25, 0.3) is 22.3 Å². The van der Waals surface area contributed by atoms with Crippen molar-refractivity contribution in [2.45, 2.75) is 77.0 Å². The summed E-state index contributed by atoms with van der Waals surface area (Å²) in [6.45, 7) is 6.95. The van der Waals surface area contributed by atoms with Gasteiger partial charge in [-0.25, -0.2) is 19.8 Å². The van der Waals surface area contributed by atoms with Crippen LogP contribution in [-0.4, -0.2) is 93.4 Å². The molecule has 278 valence electrons. The molecule has 14 nitrogen and oxygen atoms in total. The van der Waals surface area contributed by atoms with Gasteiger partial charge in [-0.2, -0.15) is 4.89 Å². The van der Waals surface area contributed by atoms with Crippen LogP contribution >= 0.6 is 0 Å². The molecule has 14 heteroatoms. The molecule has 2 fully saturated rings. The SMILES string of the molecule is CC[C@H](N=COOC)C(=O)N1CCC[C@H]1c1nc2ccc(C#Cc3ccc(-c4cnc([C@@H]5CCCN5C(=O)[C@@H](NC(=O)OC)C(C)C)[nH]4)cc3)cc2[nH]1. The number of carbonyl (C=O) groups excluding carboxylic acids is 3. The molecule has 4 aromatic rings. The zero-order valence-corrected chi connectivity index (χ0v) is 30.7. The fraction of sp³-hybridized carbons (Fsp3) is 0.436. The van der Waals surface area contributed by atoms with Crippen molar-refractivity contribution >= 4 is 35.3 Å². The van der Waals surface area contributed by atoms with Crippen molar-refractivity contribution in [1.82, 2.24) is 35.1 Å². The summed E-state index contributed by atoms with van der Waals surface area (Å²) in [5.74, 6) is 7.68. The number of rotatable bonds is 11. The maximum Gasteiger partial charge on any atom is 0.407 e. The van der Waals surface area contributed by atoms with Gasteiger partial charge in [0.15, 0.2) is 0 Å². The highest BCUT2D eigenvalue weighted by Gasteiger charge is 2.38. The molecule has 4 atom stereocenters. The Hall–Kier alpha value is -5.68. The standard InChI is InChI=1S/C39H46N8O6/c1-6-28(41-23-53-52-5)37(48)46-19-8-10-33(46)36-42-29-18-15-26(21-30(29)43-36)12-11-25-13-16-27(17-14-25)31-22-40-35(44-31)32-9-7-20-47(32)38(49)34(24(2)3)45-39(50)51-4/h13-18,21-24,28,32-34H,6-10,19-20H2,1-5H3,(H,40,44)(H,42,43)(H,45,50)/t28-,32-,33-,34-/m0/s1. The minimum Gasteiger partial charge on any atom is -0.453 e. The van der Waals surface area contributed by atoms with E-state index < -0.39 is 18.2 Å². The van der Waals surface area contributed by atoms with Crippen LogP contribution in [0.2, 0.25) is 0 Å². The number of aliphatic imine (C=N–C) groups is 1. The summed E-state index contributed by atoms with van der Waals surface area (Å²) in [6.07, 6.45) is 6.19. The Morgan fingerprint density at radius 1 is 0.962 bits per heavy atom. The van der Waals surface area contributed by atoms with Crippen LogP contribution in [0.3, 0.4) is 0 Å². The number of ether oxygens (including phenoxy) is 1. The molecule has 0 radical (unpaired) electrons. The van der Waals surface area contributed by atoms with E-state index in [1.807, 2.05) is 68.1 Å².